The number of aromatic nitrogens is 1. The molecule has 23 heavy (non-hydrogen) atoms. The van der Waals surface area contributed by atoms with Crippen LogP contribution in [-0.4, -0.2) is 10.9 Å². The van der Waals surface area contributed by atoms with E-state index in [1.165, 1.54) is 18.9 Å². The number of benzene rings is 1. The van der Waals surface area contributed by atoms with Crippen LogP contribution in [0.4, 0.5) is 5.82 Å². The SMILES string of the molecule is CC(=O)Nc1nc2c(c(-c3ccccc3)c1C#N)CCCCC2. The molecule has 1 amide bonds. The van der Waals surface area contributed by atoms with Gasteiger partial charge in [0.05, 0.1) is 0 Å². The van der Waals surface area contributed by atoms with Gasteiger partial charge in [-0.2, -0.15) is 5.26 Å². The number of hydrogen-bond donors (Lipinski definition) is 1. The average molecular weight is 305 g/mol. The fourth-order valence-corrected chi connectivity index (χ4v) is 3.21. The normalized spacial score (nSPS) is 13.6. The van der Waals surface area contributed by atoms with Crippen LogP contribution in [0.1, 0.15) is 43.0 Å². The molecule has 1 aromatic carbocycles. The Morgan fingerprint density at radius 2 is 1.91 bits per heavy atom. The zero-order valence-corrected chi connectivity index (χ0v) is 13.2. The Morgan fingerprint density at radius 3 is 2.61 bits per heavy atom. The van der Waals surface area contributed by atoms with Crippen LogP contribution in [0.15, 0.2) is 30.3 Å². The highest BCUT2D eigenvalue weighted by molar-refractivity contribution is 5.91. The van der Waals surface area contributed by atoms with Gasteiger partial charge in [-0.3, -0.25) is 4.79 Å². The first-order chi connectivity index (χ1) is 11.2. The van der Waals surface area contributed by atoms with Crippen molar-refractivity contribution in [3.63, 3.8) is 0 Å². The van der Waals surface area contributed by atoms with E-state index in [2.05, 4.69) is 16.4 Å². The summed E-state index contributed by atoms with van der Waals surface area (Å²) in [5.74, 6) is 0.182. The summed E-state index contributed by atoms with van der Waals surface area (Å²) in [6.45, 7) is 1.44. The standard InChI is InChI=1S/C19H19N3O/c1-13(23)21-19-16(12-20)18(14-8-4-2-5-9-14)15-10-6-3-7-11-17(15)22-19/h2,4-5,8-9H,3,6-7,10-11H2,1H3,(H,21,22,23). The molecule has 1 heterocycles. The van der Waals surface area contributed by atoms with E-state index < -0.39 is 0 Å². The van der Waals surface area contributed by atoms with Crippen LogP contribution in [-0.2, 0) is 17.6 Å². The Balaban J connectivity index is 2.29. The van der Waals surface area contributed by atoms with Crippen molar-refractivity contribution < 1.29 is 4.79 Å². The third kappa shape index (κ3) is 3.09. The lowest BCUT2D eigenvalue weighted by atomic mass is 9.92. The average Bonchev–Trinajstić information content (AvgIpc) is 2.79. The predicted octanol–water partition coefficient (Wildman–Crippen LogP) is 3.85. The van der Waals surface area contributed by atoms with Gasteiger partial charge in [-0.15, -0.1) is 0 Å². The molecule has 1 aromatic heterocycles. The summed E-state index contributed by atoms with van der Waals surface area (Å²) in [7, 11) is 0. The van der Waals surface area contributed by atoms with Gasteiger partial charge in [0.25, 0.3) is 0 Å². The highest BCUT2D eigenvalue weighted by Gasteiger charge is 2.22. The molecule has 0 fully saturated rings. The predicted molar refractivity (Wildman–Crippen MR) is 90.0 cm³/mol. The molecule has 116 valence electrons. The largest absolute Gasteiger partial charge is 0.310 e. The van der Waals surface area contributed by atoms with E-state index in [1.807, 2.05) is 30.3 Å². The third-order valence-corrected chi connectivity index (χ3v) is 4.19. The number of hydrogen-bond acceptors (Lipinski definition) is 3. The van der Waals surface area contributed by atoms with Crippen molar-refractivity contribution in [2.45, 2.75) is 39.0 Å². The molecule has 0 aliphatic heterocycles. The van der Waals surface area contributed by atoms with Crippen molar-refractivity contribution in [1.82, 2.24) is 4.98 Å². The summed E-state index contributed by atoms with van der Waals surface area (Å²) in [5, 5.41) is 12.4. The Labute approximate surface area is 136 Å². The molecular formula is C19H19N3O. The number of carbonyl (C=O) groups is 1. The van der Waals surface area contributed by atoms with E-state index >= 15 is 0 Å². The van der Waals surface area contributed by atoms with Gasteiger partial charge < -0.3 is 5.32 Å². The molecule has 0 spiro atoms. The first-order valence-electron chi connectivity index (χ1n) is 7.99. The number of amides is 1. The Bertz CT molecular complexity index is 775. The molecule has 0 atom stereocenters. The van der Waals surface area contributed by atoms with Gasteiger partial charge in [-0.05, 0) is 36.8 Å². The van der Waals surface area contributed by atoms with E-state index in [1.54, 1.807) is 0 Å². The fourth-order valence-electron chi connectivity index (χ4n) is 3.21. The maximum atomic E-state index is 11.5. The summed E-state index contributed by atoms with van der Waals surface area (Å²) < 4.78 is 0. The lowest BCUT2D eigenvalue weighted by Gasteiger charge is -2.17. The molecule has 0 bridgehead atoms. The van der Waals surface area contributed by atoms with Crippen LogP contribution in [0, 0.1) is 11.3 Å². The number of rotatable bonds is 2. The number of pyridine rings is 1. The monoisotopic (exact) mass is 305 g/mol. The molecule has 0 saturated carbocycles. The van der Waals surface area contributed by atoms with Gasteiger partial charge in [0, 0.05) is 18.2 Å². The molecule has 0 radical (unpaired) electrons. The summed E-state index contributed by atoms with van der Waals surface area (Å²) in [5.41, 5.74) is 4.59. The first-order valence-corrected chi connectivity index (χ1v) is 7.99. The number of nitrogens with one attached hydrogen (secondary N) is 1. The summed E-state index contributed by atoms with van der Waals surface area (Å²) >= 11 is 0. The lowest BCUT2D eigenvalue weighted by Crippen LogP contribution is -2.13. The maximum Gasteiger partial charge on any atom is 0.222 e. The van der Waals surface area contributed by atoms with Crippen LogP contribution >= 0.6 is 0 Å². The summed E-state index contributed by atoms with van der Waals surface area (Å²) in [6, 6.07) is 12.2. The minimum atomic E-state index is -0.207. The van der Waals surface area contributed by atoms with E-state index in [9.17, 15) is 10.1 Å². The second-order valence-electron chi connectivity index (χ2n) is 5.86. The van der Waals surface area contributed by atoms with Crippen LogP contribution < -0.4 is 5.32 Å². The van der Waals surface area contributed by atoms with Gasteiger partial charge in [-0.1, -0.05) is 36.8 Å². The third-order valence-electron chi connectivity index (χ3n) is 4.19. The van der Waals surface area contributed by atoms with Gasteiger partial charge in [0.15, 0.2) is 5.82 Å². The summed E-state index contributed by atoms with van der Waals surface area (Å²) in [4.78, 5) is 16.1. The minimum Gasteiger partial charge on any atom is -0.310 e. The molecule has 4 nitrogen and oxygen atoms in total. The minimum absolute atomic E-state index is 0.207. The van der Waals surface area contributed by atoms with E-state index in [0.717, 1.165) is 42.5 Å². The van der Waals surface area contributed by atoms with E-state index in [0.29, 0.717) is 11.4 Å². The molecule has 1 aliphatic rings. The van der Waals surface area contributed by atoms with Crippen molar-refractivity contribution in [3.05, 3.63) is 47.2 Å². The number of fused-ring (bicyclic) bond motifs is 1. The Morgan fingerprint density at radius 1 is 1.17 bits per heavy atom. The molecule has 0 saturated heterocycles. The van der Waals surface area contributed by atoms with Crippen molar-refractivity contribution in [3.8, 4) is 17.2 Å². The summed E-state index contributed by atoms with van der Waals surface area (Å²) in [6.07, 6.45) is 5.20. The fraction of sp³-hybridized carbons (Fsp3) is 0.316. The molecule has 2 aromatic rings. The van der Waals surface area contributed by atoms with Crippen molar-refractivity contribution >= 4 is 11.7 Å². The van der Waals surface area contributed by atoms with Crippen LogP contribution in [0.25, 0.3) is 11.1 Å². The van der Waals surface area contributed by atoms with Crippen LogP contribution in [0.5, 0.6) is 0 Å². The molecule has 1 aliphatic carbocycles. The number of carbonyl (C=O) groups excluding carboxylic acids is 1. The first kappa shape index (κ1) is 15.2. The number of anilines is 1. The number of nitriles is 1. The Kier molecular flexibility index (Phi) is 4.38. The molecular weight excluding hydrogens is 286 g/mol. The quantitative estimate of drug-likeness (QED) is 0.857. The highest BCUT2D eigenvalue weighted by atomic mass is 16.1. The molecule has 1 N–H and O–H groups in total. The van der Waals surface area contributed by atoms with E-state index in [-0.39, 0.29) is 5.91 Å². The lowest BCUT2D eigenvalue weighted by molar-refractivity contribution is -0.114. The zero-order valence-electron chi connectivity index (χ0n) is 13.2. The molecule has 3 rings (SSSR count). The van der Waals surface area contributed by atoms with Gasteiger partial charge in [-0.25, -0.2) is 4.98 Å². The van der Waals surface area contributed by atoms with Gasteiger partial charge >= 0.3 is 0 Å². The van der Waals surface area contributed by atoms with E-state index in [4.69, 9.17) is 0 Å². The van der Waals surface area contributed by atoms with Crippen LogP contribution in [0.3, 0.4) is 0 Å². The maximum absolute atomic E-state index is 11.5. The molecule has 0 unspecified atom stereocenters. The van der Waals surface area contributed by atoms with Crippen LogP contribution in [0.2, 0.25) is 0 Å². The van der Waals surface area contributed by atoms with Crippen molar-refractivity contribution in [2.24, 2.45) is 0 Å². The topological polar surface area (TPSA) is 65.8 Å². The van der Waals surface area contributed by atoms with Gasteiger partial charge in [0.1, 0.15) is 11.6 Å². The Hall–Kier alpha value is -2.67. The number of aryl methyl sites for hydroxylation is 1. The smallest absolute Gasteiger partial charge is 0.222 e. The highest BCUT2D eigenvalue weighted by Crippen LogP contribution is 2.36. The van der Waals surface area contributed by atoms with Crippen molar-refractivity contribution in [2.75, 3.05) is 5.32 Å². The zero-order chi connectivity index (χ0) is 16.2. The van der Waals surface area contributed by atoms with Crippen molar-refractivity contribution in [1.29, 1.82) is 5.26 Å². The van der Waals surface area contributed by atoms with Gasteiger partial charge in [0.2, 0.25) is 5.91 Å². The second kappa shape index (κ2) is 6.62. The second-order valence-corrected chi connectivity index (χ2v) is 5.86. The number of nitrogens with zero attached hydrogens (tertiary/aromatic N) is 2. The molecule has 4 heteroatoms.